The molecule has 1 nitrogen and oxygen atoms in total. The number of unbranched alkanes of at least 4 members (excludes halogenated alkanes) is 34. The van der Waals surface area contributed by atoms with Crippen molar-refractivity contribution < 1.29 is 4.57 Å². The molecule has 1 aromatic heterocycles. The van der Waals surface area contributed by atoms with Crippen molar-refractivity contribution in [2.45, 2.75) is 278 Å². The highest BCUT2D eigenvalue weighted by atomic mass is 14.9. The lowest BCUT2D eigenvalue weighted by molar-refractivity contribution is -0.697. The molecule has 49 heavy (non-hydrogen) atoms. The van der Waals surface area contributed by atoms with Crippen LogP contribution in [0.15, 0.2) is 18.5 Å². The summed E-state index contributed by atoms with van der Waals surface area (Å²) in [5.41, 5.74) is 3.33. The molecule has 1 aromatic rings. The van der Waals surface area contributed by atoms with E-state index in [0.29, 0.717) is 0 Å². The second-order valence-corrected chi connectivity index (χ2v) is 16.3. The van der Waals surface area contributed by atoms with E-state index in [1.807, 2.05) is 0 Å². The van der Waals surface area contributed by atoms with E-state index in [-0.39, 0.29) is 0 Å². The first-order valence-corrected chi connectivity index (χ1v) is 23.3. The van der Waals surface area contributed by atoms with Gasteiger partial charge in [-0.15, -0.1) is 0 Å². The van der Waals surface area contributed by atoms with Gasteiger partial charge in [-0.2, -0.15) is 0 Å². The monoisotopic (exact) mass is 683 g/mol. The molecule has 0 aliphatic heterocycles. The van der Waals surface area contributed by atoms with Gasteiger partial charge in [0.25, 0.3) is 0 Å². The minimum Gasteiger partial charge on any atom is -0.205 e. The van der Waals surface area contributed by atoms with Crippen LogP contribution in [0.2, 0.25) is 0 Å². The van der Waals surface area contributed by atoms with Crippen molar-refractivity contribution in [3.8, 4) is 0 Å². The Balaban J connectivity index is 2.25. The molecule has 0 saturated carbocycles. The predicted octanol–water partition coefficient (Wildman–Crippen LogP) is 16.6. The van der Waals surface area contributed by atoms with E-state index in [0.717, 1.165) is 0 Å². The standard InChI is InChI=1S/C48H92N/c1-4-7-10-13-16-19-22-23-24-25-26-27-28-31-34-37-40-44-49-45-43-47(41-38-35-32-29-20-17-14-11-8-5-2)48(46-49)42-39-36-33-30-21-18-15-12-9-6-3/h43,45-46H,4-42,44H2,1-3H3/q+1. The van der Waals surface area contributed by atoms with Gasteiger partial charge < -0.3 is 0 Å². The maximum absolute atomic E-state index is 2.56. The van der Waals surface area contributed by atoms with Gasteiger partial charge >= 0.3 is 0 Å². The third-order valence-corrected chi connectivity index (χ3v) is 11.3. The Bertz CT molecular complexity index is 768. The van der Waals surface area contributed by atoms with Crippen molar-refractivity contribution in [3.63, 3.8) is 0 Å². The SMILES string of the molecule is CCCCCCCCCCCCCCCCCCC[n+]1ccc(CCCCCCCCCCCC)c(CCCCCCCCCCCC)c1. The fourth-order valence-electron chi connectivity index (χ4n) is 7.85. The number of pyridine rings is 1. The predicted molar refractivity (Wildman–Crippen MR) is 222 cm³/mol. The van der Waals surface area contributed by atoms with E-state index in [1.54, 1.807) is 11.1 Å². The molecule has 1 heterocycles. The van der Waals surface area contributed by atoms with Crippen LogP contribution in [0.3, 0.4) is 0 Å². The third kappa shape index (κ3) is 31.6. The van der Waals surface area contributed by atoms with Crippen molar-refractivity contribution in [1.29, 1.82) is 0 Å². The molecule has 0 amide bonds. The smallest absolute Gasteiger partial charge is 0.172 e. The minimum absolute atomic E-state index is 1.21. The van der Waals surface area contributed by atoms with Gasteiger partial charge in [0.15, 0.2) is 12.4 Å². The van der Waals surface area contributed by atoms with Crippen molar-refractivity contribution >= 4 is 0 Å². The number of rotatable bonds is 40. The Morgan fingerprint density at radius 1 is 0.306 bits per heavy atom. The zero-order valence-electron chi connectivity index (χ0n) is 34.5. The van der Waals surface area contributed by atoms with E-state index in [4.69, 9.17) is 0 Å². The van der Waals surface area contributed by atoms with Crippen LogP contribution in [0.4, 0.5) is 0 Å². The minimum atomic E-state index is 1.21. The van der Waals surface area contributed by atoms with Crippen LogP contribution in [0, 0.1) is 0 Å². The normalized spacial score (nSPS) is 11.6. The molecule has 0 radical (unpaired) electrons. The molecule has 0 aliphatic rings. The highest BCUT2D eigenvalue weighted by Crippen LogP contribution is 2.18. The van der Waals surface area contributed by atoms with E-state index < -0.39 is 0 Å². The molecule has 0 spiro atoms. The summed E-state index contributed by atoms with van der Waals surface area (Å²) in [5, 5.41) is 0. The van der Waals surface area contributed by atoms with Gasteiger partial charge in [0.2, 0.25) is 0 Å². The maximum Gasteiger partial charge on any atom is 0.172 e. The van der Waals surface area contributed by atoms with Crippen LogP contribution >= 0.6 is 0 Å². The summed E-state index contributed by atoms with van der Waals surface area (Å²) in [7, 11) is 0. The summed E-state index contributed by atoms with van der Waals surface area (Å²) < 4.78 is 2.54. The number of nitrogens with zero attached hydrogens (tertiary/aromatic N) is 1. The molecule has 0 N–H and O–H groups in total. The number of aryl methyl sites for hydroxylation is 3. The summed E-state index contributed by atoms with van der Waals surface area (Å²) in [6.07, 6.45) is 60.8. The second-order valence-electron chi connectivity index (χ2n) is 16.3. The van der Waals surface area contributed by atoms with Crippen molar-refractivity contribution in [2.24, 2.45) is 0 Å². The van der Waals surface area contributed by atoms with Gasteiger partial charge in [0, 0.05) is 18.1 Å². The number of aromatic nitrogens is 1. The average Bonchev–Trinajstić information content (AvgIpc) is 3.11. The van der Waals surface area contributed by atoms with Crippen LogP contribution in [-0.2, 0) is 19.4 Å². The highest BCUT2D eigenvalue weighted by Gasteiger charge is 2.10. The van der Waals surface area contributed by atoms with Gasteiger partial charge in [-0.1, -0.05) is 233 Å². The molecule has 0 saturated heterocycles. The first-order chi connectivity index (χ1) is 24.3. The molecule has 1 heteroatoms. The van der Waals surface area contributed by atoms with Crippen molar-refractivity contribution in [2.75, 3.05) is 0 Å². The fraction of sp³-hybridized carbons (Fsp3) is 0.896. The zero-order valence-corrected chi connectivity index (χ0v) is 34.5. The van der Waals surface area contributed by atoms with Crippen LogP contribution in [0.25, 0.3) is 0 Å². The molecular weight excluding hydrogens is 591 g/mol. The molecule has 288 valence electrons. The Morgan fingerprint density at radius 3 is 0.898 bits per heavy atom. The van der Waals surface area contributed by atoms with Crippen LogP contribution in [-0.4, -0.2) is 0 Å². The molecule has 1 rings (SSSR count). The molecule has 0 fully saturated rings. The van der Waals surface area contributed by atoms with Gasteiger partial charge in [-0.3, -0.25) is 0 Å². The lowest BCUT2D eigenvalue weighted by Crippen LogP contribution is -2.34. The largest absolute Gasteiger partial charge is 0.205 e. The molecule has 0 unspecified atom stereocenters. The molecule has 0 atom stereocenters. The van der Waals surface area contributed by atoms with E-state index in [9.17, 15) is 0 Å². The van der Waals surface area contributed by atoms with Crippen LogP contribution in [0.1, 0.15) is 269 Å². The van der Waals surface area contributed by atoms with Gasteiger partial charge in [0.05, 0.1) is 0 Å². The first-order valence-electron chi connectivity index (χ1n) is 23.3. The summed E-state index contributed by atoms with van der Waals surface area (Å²) >= 11 is 0. The summed E-state index contributed by atoms with van der Waals surface area (Å²) in [5.74, 6) is 0. The quantitative estimate of drug-likeness (QED) is 0.0479. The lowest BCUT2D eigenvalue weighted by atomic mass is 9.97. The van der Waals surface area contributed by atoms with E-state index in [2.05, 4.69) is 43.8 Å². The number of hydrogen-bond acceptors (Lipinski definition) is 0. The summed E-state index contributed by atoms with van der Waals surface area (Å²) in [6.45, 7) is 8.16. The second kappa shape index (κ2) is 38.4. The topological polar surface area (TPSA) is 3.88 Å². The van der Waals surface area contributed by atoms with Crippen LogP contribution in [0.5, 0.6) is 0 Å². The molecule has 0 aliphatic carbocycles. The Kier molecular flexibility index (Phi) is 36.2. The highest BCUT2D eigenvalue weighted by molar-refractivity contribution is 5.21. The van der Waals surface area contributed by atoms with Gasteiger partial charge in [-0.05, 0) is 37.7 Å². The molecule has 0 bridgehead atoms. The Morgan fingerprint density at radius 2 is 0.571 bits per heavy atom. The van der Waals surface area contributed by atoms with Crippen LogP contribution < -0.4 is 4.57 Å². The summed E-state index contributed by atoms with van der Waals surface area (Å²) in [4.78, 5) is 0. The number of hydrogen-bond donors (Lipinski definition) is 0. The van der Waals surface area contributed by atoms with Gasteiger partial charge in [0.1, 0.15) is 6.54 Å². The third-order valence-electron chi connectivity index (χ3n) is 11.3. The summed E-state index contributed by atoms with van der Waals surface area (Å²) in [6, 6.07) is 2.51. The Labute approximate surface area is 311 Å². The zero-order chi connectivity index (χ0) is 35.1. The van der Waals surface area contributed by atoms with E-state index >= 15 is 0 Å². The molecular formula is C48H92N+. The first kappa shape index (κ1) is 46.2. The van der Waals surface area contributed by atoms with Crippen molar-refractivity contribution in [1.82, 2.24) is 0 Å². The van der Waals surface area contributed by atoms with Gasteiger partial charge in [-0.25, -0.2) is 4.57 Å². The average molecular weight is 683 g/mol. The van der Waals surface area contributed by atoms with Crippen molar-refractivity contribution in [3.05, 3.63) is 29.6 Å². The maximum atomic E-state index is 2.56. The lowest BCUT2D eigenvalue weighted by Gasteiger charge is -2.10. The van der Waals surface area contributed by atoms with E-state index in [1.165, 1.54) is 257 Å². The molecule has 0 aromatic carbocycles. The Hall–Kier alpha value is -0.850. The fourth-order valence-corrected chi connectivity index (χ4v) is 7.85.